The van der Waals surface area contributed by atoms with Crippen LogP contribution in [0.3, 0.4) is 0 Å². The number of nitrogen functional groups attached to an aromatic ring is 2. The first-order chi connectivity index (χ1) is 33.4. The number of amides is 1. The van der Waals surface area contributed by atoms with Crippen molar-refractivity contribution >= 4 is 85.9 Å². The first-order valence-corrected chi connectivity index (χ1v) is 22.2. The van der Waals surface area contributed by atoms with E-state index in [4.69, 9.17) is 58.6 Å². The normalized spacial score (nSPS) is 11.6. The van der Waals surface area contributed by atoms with Crippen molar-refractivity contribution in [2.24, 2.45) is 0 Å². The van der Waals surface area contributed by atoms with Crippen molar-refractivity contribution < 1.29 is 68.9 Å². The van der Waals surface area contributed by atoms with Crippen molar-refractivity contribution in [3.05, 3.63) is 126 Å². The molecule has 0 aliphatic carbocycles. The summed E-state index contributed by atoms with van der Waals surface area (Å²) >= 11 is 11.8. The third kappa shape index (κ3) is 17.2. The maximum atomic E-state index is 14.3. The average molecular weight is 1020 g/mol. The molecule has 0 bridgehead atoms. The summed E-state index contributed by atoms with van der Waals surface area (Å²) in [4.78, 5) is 60.3. The molecule has 70 heavy (non-hydrogen) atoms. The molecule has 1 amide bonds. The number of anilines is 3. The highest BCUT2D eigenvalue weighted by molar-refractivity contribution is 6.18. The van der Waals surface area contributed by atoms with E-state index in [-0.39, 0.29) is 50.6 Å². The average Bonchev–Trinajstić information content (AvgIpc) is 3.31. The highest BCUT2D eigenvalue weighted by atomic mass is 35.5. The topological polar surface area (TPSA) is 183 Å². The molecule has 0 radical (unpaired) electrons. The van der Waals surface area contributed by atoms with E-state index in [0.29, 0.717) is 54.1 Å². The van der Waals surface area contributed by atoms with Crippen molar-refractivity contribution in [2.45, 2.75) is 32.4 Å². The van der Waals surface area contributed by atoms with Gasteiger partial charge in [0.1, 0.15) is 12.3 Å². The van der Waals surface area contributed by atoms with Crippen molar-refractivity contribution in [1.82, 2.24) is 5.32 Å². The number of ether oxygens (including phenoxy) is 1. The summed E-state index contributed by atoms with van der Waals surface area (Å²) in [5, 5.41) is 5.57. The number of benzene rings is 5. The van der Waals surface area contributed by atoms with E-state index >= 15 is 0 Å². The van der Waals surface area contributed by atoms with E-state index in [9.17, 15) is 35.9 Å². The van der Waals surface area contributed by atoms with Gasteiger partial charge in [0.25, 0.3) is 5.91 Å². The Balaban J connectivity index is 0.00000119. The van der Waals surface area contributed by atoms with E-state index < -0.39 is 29.9 Å². The highest BCUT2D eigenvalue weighted by Crippen LogP contribution is 2.34. The third-order valence-corrected chi connectivity index (χ3v) is 11.0. The Morgan fingerprint density at radius 1 is 0.771 bits per heavy atom. The largest absolute Gasteiger partial charge is 0.560 e. The van der Waals surface area contributed by atoms with Crippen LogP contribution in [-0.2, 0) is 30.5 Å². The lowest BCUT2D eigenvalue weighted by atomic mass is 9.97. The summed E-state index contributed by atoms with van der Waals surface area (Å²) in [6.45, 7) is -3.31. The number of ketones is 1. The maximum absolute atomic E-state index is 14.3. The molecule has 1 unspecified atom stereocenters. The van der Waals surface area contributed by atoms with Crippen LogP contribution in [0.15, 0.2) is 115 Å². The van der Waals surface area contributed by atoms with Gasteiger partial charge >= 0.3 is 25.3 Å². The SMILES string of the molecule is C[N+](CCCC(=O)c1ccc(C[n+]2c(-c3ccccc3)c3cc(N)ccc3c3ccc(N)cc32)cc1)(CCNC(=O)COc1ccc(N(CCCl)CCCl)cc1)C(F)(F)F.FC(F)F.O=C=O.O=C=O. The molecule has 0 aliphatic rings. The minimum atomic E-state index is -4.60. The van der Waals surface area contributed by atoms with E-state index in [0.717, 1.165) is 51.2 Å². The first-order valence-electron chi connectivity index (χ1n) is 21.2. The van der Waals surface area contributed by atoms with Crippen molar-refractivity contribution in [3.8, 4) is 17.0 Å². The van der Waals surface area contributed by atoms with Crippen LogP contribution >= 0.6 is 23.2 Å². The lowest BCUT2D eigenvalue weighted by Crippen LogP contribution is -2.58. The number of fused-ring (bicyclic) bond motifs is 3. The number of rotatable bonds is 19. The summed E-state index contributed by atoms with van der Waals surface area (Å²) in [5.41, 5.74) is 19.0. The first kappa shape index (κ1) is 57.3. The van der Waals surface area contributed by atoms with Crippen LogP contribution in [0.2, 0.25) is 0 Å². The van der Waals surface area contributed by atoms with Crippen LogP contribution < -0.4 is 31.0 Å². The van der Waals surface area contributed by atoms with Gasteiger partial charge in [-0.1, -0.05) is 48.5 Å². The highest BCUT2D eigenvalue weighted by Gasteiger charge is 2.51. The molecule has 5 aromatic carbocycles. The molecule has 1 aromatic heterocycles. The van der Waals surface area contributed by atoms with Crippen molar-refractivity contribution in [3.63, 3.8) is 0 Å². The second-order valence-corrected chi connectivity index (χ2v) is 16.1. The third-order valence-electron chi connectivity index (χ3n) is 10.7. The number of hydrogen-bond acceptors (Lipinski definition) is 10. The van der Waals surface area contributed by atoms with Crippen LogP contribution in [0.25, 0.3) is 32.9 Å². The fraction of sp³-hybridized carbons (Fsp3) is 0.286. The molecule has 13 nitrogen and oxygen atoms in total. The zero-order valence-electron chi connectivity index (χ0n) is 37.7. The van der Waals surface area contributed by atoms with Gasteiger partial charge < -0.3 is 26.4 Å². The molecule has 0 spiro atoms. The van der Waals surface area contributed by atoms with Crippen LogP contribution in [-0.4, -0.2) is 99.6 Å². The van der Waals surface area contributed by atoms with Crippen molar-refractivity contribution in [1.29, 1.82) is 0 Å². The summed E-state index contributed by atoms with van der Waals surface area (Å²) < 4.78 is 78.4. The zero-order chi connectivity index (χ0) is 51.9. The van der Waals surface area contributed by atoms with Crippen LogP contribution in [0, 0.1) is 0 Å². The van der Waals surface area contributed by atoms with E-state index in [1.807, 2.05) is 95.9 Å². The predicted molar refractivity (Wildman–Crippen MR) is 253 cm³/mol. The van der Waals surface area contributed by atoms with Gasteiger partial charge in [-0.05, 0) is 60.7 Å². The summed E-state index contributed by atoms with van der Waals surface area (Å²) in [6.07, 6.45) is -4.17. The van der Waals surface area contributed by atoms with Gasteiger partial charge in [-0.15, -0.1) is 36.4 Å². The number of aromatic nitrogens is 1. The number of carbonyl (C=O) groups excluding carboxylic acids is 6. The standard InChI is InChI=1S/C46H47Cl2F3N6O3.CHF3.2CO2/c1-57(46(49,50)51,27-23-54-44(59)31-60-38-17-15-37(16-18-38)55(24-21-47)25-22-48)26-5-8-43(58)33-11-9-32(10-12-33)30-56-42-29-36(53)14-20-40(42)39-19-13-35(52)28-41(39)45(56)34-6-3-2-4-7-34;2-1(3)4;2*2-1-3/h2-4,6-7,9-20,28-29,53H,5,8,21-27,30-31,52H2,1H3;1H;;/p+2. The number of Topliss-reactive ketones (excluding diaryl/α,β-unsaturated/α-hetero) is 1. The fourth-order valence-corrected chi connectivity index (χ4v) is 7.78. The lowest BCUT2D eigenvalue weighted by Gasteiger charge is -2.35. The smallest absolute Gasteiger partial charge is 0.484 e. The Labute approximate surface area is 409 Å². The number of carbonyl (C=O) groups is 2. The zero-order valence-corrected chi connectivity index (χ0v) is 39.2. The van der Waals surface area contributed by atoms with Crippen LogP contribution in [0.1, 0.15) is 28.8 Å². The summed E-state index contributed by atoms with van der Waals surface area (Å²) in [5.74, 6) is 0.510. The summed E-state index contributed by atoms with van der Waals surface area (Å²) in [7, 11) is 1.07. The molecule has 6 rings (SSSR count). The number of pyridine rings is 1. The Morgan fingerprint density at radius 3 is 1.89 bits per heavy atom. The molecule has 5 N–H and O–H groups in total. The minimum Gasteiger partial charge on any atom is -0.484 e. The monoisotopic (exact) mass is 1020 g/mol. The molecular weight excluding hydrogens is 969 g/mol. The molecule has 0 fully saturated rings. The van der Waals surface area contributed by atoms with Gasteiger partial charge in [0.2, 0.25) is 11.2 Å². The Kier molecular flexibility index (Phi) is 23.3. The number of halogens is 8. The molecule has 1 heterocycles. The van der Waals surface area contributed by atoms with E-state index in [1.165, 1.54) is 0 Å². The second-order valence-electron chi connectivity index (χ2n) is 15.3. The molecule has 21 heteroatoms. The second kappa shape index (κ2) is 28.5. The Morgan fingerprint density at radius 2 is 1.33 bits per heavy atom. The van der Waals surface area contributed by atoms with Gasteiger partial charge in [0.05, 0.1) is 30.9 Å². The van der Waals surface area contributed by atoms with Crippen LogP contribution in [0.4, 0.5) is 43.4 Å². The predicted octanol–water partition coefficient (Wildman–Crippen LogP) is 8.58. The van der Waals surface area contributed by atoms with Gasteiger partial charge in [0, 0.05) is 82.9 Å². The number of alkyl halides is 8. The number of likely N-dealkylation sites (N-methyl/N-ethyl adjacent to an activating group) is 1. The van der Waals surface area contributed by atoms with E-state index in [1.54, 1.807) is 24.3 Å². The molecule has 0 saturated carbocycles. The van der Waals surface area contributed by atoms with Crippen molar-refractivity contribution in [2.75, 3.05) is 74.5 Å². The number of quaternary nitrogens is 1. The van der Waals surface area contributed by atoms with Gasteiger partial charge in [-0.2, -0.15) is 36.9 Å². The van der Waals surface area contributed by atoms with Gasteiger partial charge in [-0.25, -0.2) is 4.48 Å². The fourth-order valence-electron chi connectivity index (χ4n) is 7.38. The van der Waals surface area contributed by atoms with Gasteiger partial charge in [-0.3, -0.25) is 9.59 Å². The molecule has 0 aliphatic heterocycles. The molecule has 1 atom stereocenters. The number of nitrogens with zero attached hydrogens (tertiary/aromatic N) is 3. The number of nitrogens with two attached hydrogens (primary N) is 2. The Hall–Kier alpha value is -7.01. The maximum Gasteiger partial charge on any atom is 0.560 e. The van der Waals surface area contributed by atoms with Crippen LogP contribution in [0.5, 0.6) is 5.75 Å². The van der Waals surface area contributed by atoms with E-state index in [2.05, 4.69) is 9.88 Å². The molecular formula is C49H50Cl2F6N6O7+2. The summed E-state index contributed by atoms with van der Waals surface area (Å²) in [6, 6.07) is 36.0. The number of nitrogens with one attached hydrogen (secondary N) is 1. The molecule has 372 valence electrons. The molecule has 6 aromatic rings. The number of hydrogen-bond donors (Lipinski definition) is 3. The Bertz CT molecular complexity index is 2670. The lowest BCUT2D eigenvalue weighted by molar-refractivity contribution is -1.01. The minimum absolute atomic E-state index is 0.000775. The van der Waals surface area contributed by atoms with Gasteiger partial charge in [0.15, 0.2) is 18.9 Å². The quantitative estimate of drug-likeness (QED) is 0.0104. The molecule has 0 saturated heterocycles.